The summed E-state index contributed by atoms with van der Waals surface area (Å²) in [5.74, 6) is -0.391. The SMILES string of the molecule is CCOC(=O)c1cnn(C)c1NC(=O)C(CC)Sc1cc(C)c2ccccc2n1. The lowest BCUT2D eigenvalue weighted by atomic mass is 10.1. The minimum atomic E-state index is -0.511. The van der Waals surface area contributed by atoms with Gasteiger partial charge in [-0.2, -0.15) is 5.10 Å². The highest BCUT2D eigenvalue weighted by atomic mass is 32.2. The Morgan fingerprint density at radius 1 is 1.28 bits per heavy atom. The van der Waals surface area contributed by atoms with E-state index in [4.69, 9.17) is 4.74 Å². The molecule has 1 unspecified atom stereocenters. The van der Waals surface area contributed by atoms with Crippen LogP contribution in [0, 0.1) is 6.92 Å². The topological polar surface area (TPSA) is 86.1 Å². The van der Waals surface area contributed by atoms with Gasteiger partial charge in [0.25, 0.3) is 0 Å². The van der Waals surface area contributed by atoms with Crippen LogP contribution in [0.5, 0.6) is 0 Å². The first kappa shape index (κ1) is 20.9. The number of aryl methyl sites for hydroxylation is 2. The van der Waals surface area contributed by atoms with Crippen LogP contribution in [0.4, 0.5) is 5.82 Å². The summed E-state index contributed by atoms with van der Waals surface area (Å²) < 4.78 is 6.50. The lowest BCUT2D eigenvalue weighted by molar-refractivity contribution is -0.115. The summed E-state index contributed by atoms with van der Waals surface area (Å²) in [6, 6.07) is 9.94. The van der Waals surface area contributed by atoms with Crippen molar-refractivity contribution in [2.75, 3.05) is 11.9 Å². The number of para-hydroxylation sites is 1. The Morgan fingerprint density at radius 2 is 2.03 bits per heavy atom. The molecule has 0 aliphatic rings. The van der Waals surface area contributed by atoms with Crippen LogP contribution in [0.3, 0.4) is 0 Å². The average molecular weight is 413 g/mol. The van der Waals surface area contributed by atoms with Crippen LogP contribution in [-0.2, 0) is 16.6 Å². The number of nitrogens with zero attached hydrogens (tertiary/aromatic N) is 3. The Balaban J connectivity index is 1.80. The number of hydrogen-bond acceptors (Lipinski definition) is 6. The normalized spacial score (nSPS) is 12.0. The summed E-state index contributed by atoms with van der Waals surface area (Å²) in [6.45, 7) is 5.97. The summed E-state index contributed by atoms with van der Waals surface area (Å²) in [7, 11) is 1.67. The van der Waals surface area contributed by atoms with Gasteiger partial charge in [0.1, 0.15) is 11.4 Å². The first-order chi connectivity index (χ1) is 13.9. The molecule has 3 rings (SSSR count). The third kappa shape index (κ3) is 4.59. The summed E-state index contributed by atoms with van der Waals surface area (Å²) >= 11 is 1.41. The van der Waals surface area contributed by atoms with Gasteiger partial charge in [0.15, 0.2) is 0 Å². The molecular formula is C21H24N4O3S. The van der Waals surface area contributed by atoms with Crippen molar-refractivity contribution in [1.82, 2.24) is 14.8 Å². The highest BCUT2D eigenvalue weighted by Crippen LogP contribution is 2.29. The van der Waals surface area contributed by atoms with Crippen LogP contribution < -0.4 is 5.32 Å². The van der Waals surface area contributed by atoms with Crippen molar-refractivity contribution in [3.8, 4) is 0 Å². The van der Waals surface area contributed by atoms with E-state index in [1.165, 1.54) is 22.6 Å². The van der Waals surface area contributed by atoms with Crippen LogP contribution in [0.15, 0.2) is 41.6 Å². The monoisotopic (exact) mass is 412 g/mol. The zero-order valence-corrected chi connectivity index (χ0v) is 17.7. The van der Waals surface area contributed by atoms with Gasteiger partial charge in [0.05, 0.1) is 28.6 Å². The highest BCUT2D eigenvalue weighted by Gasteiger charge is 2.24. The summed E-state index contributed by atoms with van der Waals surface area (Å²) in [4.78, 5) is 29.7. The third-order valence-electron chi connectivity index (χ3n) is 4.50. The van der Waals surface area contributed by atoms with Crippen LogP contribution in [0.2, 0.25) is 0 Å². The molecule has 0 aliphatic heterocycles. The molecule has 152 valence electrons. The lowest BCUT2D eigenvalue weighted by Crippen LogP contribution is -2.27. The van der Waals surface area contributed by atoms with Crippen molar-refractivity contribution >= 4 is 40.4 Å². The zero-order chi connectivity index (χ0) is 21.0. The quantitative estimate of drug-likeness (QED) is 0.467. The van der Waals surface area contributed by atoms with Gasteiger partial charge < -0.3 is 10.1 Å². The van der Waals surface area contributed by atoms with Gasteiger partial charge in [-0.3, -0.25) is 9.48 Å². The molecule has 1 atom stereocenters. The molecule has 1 N–H and O–H groups in total. The first-order valence-corrected chi connectivity index (χ1v) is 10.4. The Kier molecular flexibility index (Phi) is 6.53. The number of esters is 1. The van der Waals surface area contributed by atoms with Gasteiger partial charge in [-0.1, -0.05) is 36.9 Å². The van der Waals surface area contributed by atoms with E-state index in [-0.39, 0.29) is 23.3 Å². The number of fused-ring (bicyclic) bond motifs is 1. The molecule has 3 aromatic rings. The Morgan fingerprint density at radius 3 is 2.76 bits per heavy atom. The minimum absolute atomic E-state index is 0.209. The molecule has 0 spiro atoms. The van der Waals surface area contributed by atoms with Crippen molar-refractivity contribution in [3.05, 3.63) is 47.7 Å². The molecule has 7 nitrogen and oxygen atoms in total. The zero-order valence-electron chi connectivity index (χ0n) is 16.9. The number of thioether (sulfide) groups is 1. The fourth-order valence-electron chi connectivity index (χ4n) is 2.99. The van der Waals surface area contributed by atoms with E-state index in [1.54, 1.807) is 14.0 Å². The fourth-order valence-corrected chi connectivity index (χ4v) is 4.01. The van der Waals surface area contributed by atoms with E-state index in [2.05, 4.69) is 15.4 Å². The van der Waals surface area contributed by atoms with Crippen molar-refractivity contribution in [2.45, 2.75) is 37.5 Å². The molecule has 0 aliphatic carbocycles. The molecule has 1 amide bonds. The maximum absolute atomic E-state index is 12.9. The first-order valence-electron chi connectivity index (χ1n) is 9.47. The summed E-state index contributed by atoms with van der Waals surface area (Å²) in [6.07, 6.45) is 2.01. The Hall–Kier alpha value is -2.87. The number of pyridine rings is 1. The second-order valence-electron chi connectivity index (χ2n) is 6.55. The second kappa shape index (κ2) is 9.09. The maximum atomic E-state index is 12.9. The summed E-state index contributed by atoms with van der Waals surface area (Å²) in [5.41, 5.74) is 2.26. The maximum Gasteiger partial charge on any atom is 0.343 e. The van der Waals surface area contributed by atoms with Crippen molar-refractivity contribution in [3.63, 3.8) is 0 Å². The number of carbonyl (C=O) groups excluding carboxylic acids is 2. The molecule has 0 fully saturated rings. The standard InChI is InChI=1S/C21H24N4O3S/c1-5-17(29-18-11-13(3)14-9-7-8-10-16(14)23-18)20(26)24-19-15(12-22-25(19)4)21(27)28-6-2/h7-12,17H,5-6H2,1-4H3,(H,24,26). The third-order valence-corrected chi connectivity index (χ3v) is 5.78. The second-order valence-corrected chi connectivity index (χ2v) is 7.77. The van der Waals surface area contributed by atoms with E-state index in [1.807, 2.05) is 44.2 Å². The molecule has 0 saturated heterocycles. The predicted molar refractivity (Wildman–Crippen MR) is 114 cm³/mol. The molecule has 29 heavy (non-hydrogen) atoms. The summed E-state index contributed by atoms with van der Waals surface area (Å²) in [5, 5.41) is 8.43. The van der Waals surface area contributed by atoms with Crippen LogP contribution in [-0.4, -0.2) is 38.5 Å². The van der Waals surface area contributed by atoms with E-state index in [9.17, 15) is 9.59 Å². The molecule has 0 radical (unpaired) electrons. The average Bonchev–Trinajstić information content (AvgIpc) is 3.06. The van der Waals surface area contributed by atoms with E-state index in [0.29, 0.717) is 12.2 Å². The number of ether oxygens (including phenoxy) is 1. The number of anilines is 1. The number of benzene rings is 1. The molecule has 0 saturated carbocycles. The van der Waals surface area contributed by atoms with E-state index < -0.39 is 5.97 Å². The number of hydrogen-bond donors (Lipinski definition) is 1. The van der Waals surface area contributed by atoms with E-state index in [0.717, 1.165) is 21.5 Å². The molecule has 1 aromatic carbocycles. The van der Waals surface area contributed by atoms with Crippen LogP contribution >= 0.6 is 11.8 Å². The van der Waals surface area contributed by atoms with Gasteiger partial charge in [-0.25, -0.2) is 9.78 Å². The van der Waals surface area contributed by atoms with Crippen LogP contribution in [0.25, 0.3) is 10.9 Å². The van der Waals surface area contributed by atoms with Crippen molar-refractivity contribution in [2.24, 2.45) is 7.05 Å². The highest BCUT2D eigenvalue weighted by molar-refractivity contribution is 8.00. The number of amides is 1. The fraction of sp³-hybridized carbons (Fsp3) is 0.333. The van der Waals surface area contributed by atoms with Gasteiger partial charge in [0.2, 0.25) is 5.91 Å². The van der Waals surface area contributed by atoms with Gasteiger partial charge >= 0.3 is 5.97 Å². The van der Waals surface area contributed by atoms with Crippen molar-refractivity contribution in [1.29, 1.82) is 0 Å². The number of nitrogens with one attached hydrogen (secondary N) is 1. The molecule has 2 aromatic heterocycles. The minimum Gasteiger partial charge on any atom is -0.462 e. The molecule has 0 bridgehead atoms. The smallest absolute Gasteiger partial charge is 0.343 e. The Bertz CT molecular complexity index is 1050. The van der Waals surface area contributed by atoms with Gasteiger partial charge in [-0.05, 0) is 38.0 Å². The van der Waals surface area contributed by atoms with Gasteiger partial charge in [-0.15, -0.1) is 0 Å². The van der Waals surface area contributed by atoms with E-state index >= 15 is 0 Å². The molecule has 8 heteroatoms. The number of aromatic nitrogens is 3. The Labute approximate surface area is 173 Å². The number of carbonyl (C=O) groups is 2. The molecule has 2 heterocycles. The van der Waals surface area contributed by atoms with Crippen LogP contribution in [0.1, 0.15) is 36.2 Å². The predicted octanol–water partition coefficient (Wildman–Crippen LogP) is 3.96. The largest absolute Gasteiger partial charge is 0.462 e. The van der Waals surface area contributed by atoms with Crippen molar-refractivity contribution < 1.29 is 14.3 Å². The number of rotatable bonds is 7. The lowest BCUT2D eigenvalue weighted by Gasteiger charge is -2.16. The van der Waals surface area contributed by atoms with Gasteiger partial charge in [0, 0.05) is 12.4 Å². The molecular weight excluding hydrogens is 388 g/mol.